The number of carbonyl (C=O) groups excluding carboxylic acids is 1. The molecule has 0 saturated heterocycles. The van der Waals surface area contributed by atoms with E-state index in [0.29, 0.717) is 39.5 Å². The zero-order valence-electron chi connectivity index (χ0n) is 13.2. The molecule has 0 fully saturated rings. The molecule has 0 aliphatic heterocycles. The van der Waals surface area contributed by atoms with Gasteiger partial charge in [-0.1, -0.05) is 6.08 Å². The topological polar surface area (TPSA) is 76.7 Å². The monoisotopic (exact) mass is 324 g/mol. The zero-order valence-corrected chi connectivity index (χ0v) is 13.2. The van der Waals surface area contributed by atoms with Crippen molar-refractivity contribution in [3.63, 3.8) is 0 Å². The number of fused-ring (bicyclic) bond motifs is 2. The van der Waals surface area contributed by atoms with Gasteiger partial charge in [0, 0.05) is 5.56 Å². The summed E-state index contributed by atoms with van der Waals surface area (Å²) >= 11 is 0. The first kappa shape index (κ1) is 15.8. The molecule has 24 heavy (non-hydrogen) atoms. The predicted molar refractivity (Wildman–Crippen MR) is 91.5 cm³/mol. The highest BCUT2D eigenvalue weighted by molar-refractivity contribution is 5.97. The Kier molecular flexibility index (Phi) is 4.08. The number of ether oxygens (including phenoxy) is 1. The molecular weight excluding hydrogens is 308 g/mol. The quantitative estimate of drug-likeness (QED) is 0.451. The molecule has 2 aromatic carbocycles. The summed E-state index contributed by atoms with van der Waals surface area (Å²) in [7, 11) is 0. The van der Waals surface area contributed by atoms with Crippen LogP contribution in [0.2, 0.25) is 0 Å². The van der Waals surface area contributed by atoms with Crippen LogP contribution in [0.4, 0.5) is 0 Å². The van der Waals surface area contributed by atoms with Gasteiger partial charge < -0.3 is 14.3 Å². The first-order chi connectivity index (χ1) is 11.6. The number of phenolic OH excluding ortho intramolecular Hbond substituents is 1. The van der Waals surface area contributed by atoms with Crippen LogP contribution in [0.25, 0.3) is 21.9 Å². The number of phenols is 1. The van der Waals surface area contributed by atoms with Gasteiger partial charge >= 0.3 is 5.97 Å². The number of esters is 1. The average molecular weight is 324 g/mol. The molecule has 0 radical (unpaired) electrons. The Morgan fingerprint density at radius 1 is 1.29 bits per heavy atom. The van der Waals surface area contributed by atoms with Crippen molar-refractivity contribution in [3.05, 3.63) is 64.3 Å². The van der Waals surface area contributed by atoms with E-state index in [1.807, 2.05) is 0 Å². The van der Waals surface area contributed by atoms with Crippen molar-refractivity contribution in [1.82, 2.24) is 0 Å². The number of allylic oxidation sites excluding steroid dienone is 1. The molecule has 0 saturated carbocycles. The summed E-state index contributed by atoms with van der Waals surface area (Å²) in [6.45, 7) is 5.63. The SMILES string of the molecule is C=CCc1c(O)ccc2c(=O)c3cc(C(=O)OCC)ccc3oc12. The Labute approximate surface area is 137 Å². The summed E-state index contributed by atoms with van der Waals surface area (Å²) in [6, 6.07) is 7.55. The minimum atomic E-state index is -0.489. The van der Waals surface area contributed by atoms with Crippen molar-refractivity contribution >= 4 is 27.9 Å². The summed E-state index contributed by atoms with van der Waals surface area (Å²) in [4.78, 5) is 24.6. The minimum absolute atomic E-state index is 0.0491. The van der Waals surface area contributed by atoms with Crippen molar-refractivity contribution in [2.75, 3.05) is 6.61 Å². The molecule has 0 atom stereocenters. The van der Waals surface area contributed by atoms with E-state index in [0.717, 1.165) is 0 Å². The first-order valence-corrected chi connectivity index (χ1v) is 7.56. The van der Waals surface area contributed by atoms with E-state index in [1.165, 1.54) is 18.2 Å². The Bertz CT molecular complexity index is 1010. The van der Waals surface area contributed by atoms with E-state index in [9.17, 15) is 14.7 Å². The molecule has 0 unspecified atom stereocenters. The van der Waals surface area contributed by atoms with Crippen molar-refractivity contribution in [2.45, 2.75) is 13.3 Å². The van der Waals surface area contributed by atoms with E-state index < -0.39 is 5.97 Å². The van der Waals surface area contributed by atoms with Crippen LogP contribution in [0.5, 0.6) is 5.75 Å². The fourth-order valence-corrected chi connectivity index (χ4v) is 2.65. The third-order valence-corrected chi connectivity index (χ3v) is 3.78. The van der Waals surface area contributed by atoms with Crippen molar-refractivity contribution in [1.29, 1.82) is 0 Å². The standard InChI is InChI=1S/C19H16O5/c1-3-5-12-15(20)8-7-13-17(21)14-10-11(19(22)23-4-2)6-9-16(14)24-18(12)13/h3,6-10,20H,1,4-5H2,2H3. The molecule has 1 heterocycles. The zero-order chi connectivity index (χ0) is 17.3. The summed E-state index contributed by atoms with van der Waals surface area (Å²) in [5.41, 5.74) is 1.22. The number of carbonyl (C=O) groups is 1. The third-order valence-electron chi connectivity index (χ3n) is 3.78. The molecular formula is C19H16O5. The third kappa shape index (κ3) is 2.54. The fraction of sp³-hybridized carbons (Fsp3) is 0.158. The van der Waals surface area contributed by atoms with Gasteiger partial charge in [-0.3, -0.25) is 4.79 Å². The van der Waals surface area contributed by atoms with Crippen molar-refractivity contribution < 1.29 is 19.1 Å². The van der Waals surface area contributed by atoms with E-state index in [-0.39, 0.29) is 17.8 Å². The van der Waals surface area contributed by atoms with Crippen LogP contribution in [-0.2, 0) is 11.2 Å². The largest absolute Gasteiger partial charge is 0.508 e. The first-order valence-electron chi connectivity index (χ1n) is 7.56. The highest BCUT2D eigenvalue weighted by Crippen LogP contribution is 2.29. The molecule has 0 bridgehead atoms. The molecule has 1 N–H and O–H groups in total. The van der Waals surface area contributed by atoms with E-state index >= 15 is 0 Å². The predicted octanol–water partition coefficient (Wildman–Crippen LogP) is 3.56. The lowest BCUT2D eigenvalue weighted by molar-refractivity contribution is 0.0526. The molecule has 5 heteroatoms. The maximum absolute atomic E-state index is 12.8. The Morgan fingerprint density at radius 3 is 2.79 bits per heavy atom. The second kappa shape index (κ2) is 6.20. The number of rotatable bonds is 4. The average Bonchev–Trinajstić information content (AvgIpc) is 2.58. The van der Waals surface area contributed by atoms with Crippen molar-refractivity contribution in [2.24, 2.45) is 0 Å². The van der Waals surface area contributed by atoms with Crippen LogP contribution in [0.1, 0.15) is 22.8 Å². The Morgan fingerprint density at radius 2 is 2.08 bits per heavy atom. The minimum Gasteiger partial charge on any atom is -0.508 e. The van der Waals surface area contributed by atoms with Crippen LogP contribution >= 0.6 is 0 Å². The molecule has 0 amide bonds. The number of hydrogen-bond donors (Lipinski definition) is 1. The van der Waals surface area contributed by atoms with Gasteiger partial charge in [-0.25, -0.2) is 4.79 Å². The van der Waals surface area contributed by atoms with Gasteiger partial charge in [0.15, 0.2) is 0 Å². The molecule has 5 nitrogen and oxygen atoms in total. The Hall–Kier alpha value is -3.08. The van der Waals surface area contributed by atoms with Crippen LogP contribution < -0.4 is 5.43 Å². The lowest BCUT2D eigenvalue weighted by Gasteiger charge is -2.08. The molecule has 122 valence electrons. The highest BCUT2D eigenvalue weighted by atomic mass is 16.5. The van der Waals surface area contributed by atoms with Gasteiger partial charge in [0.05, 0.1) is 22.9 Å². The fourth-order valence-electron chi connectivity index (χ4n) is 2.65. The van der Waals surface area contributed by atoms with Gasteiger partial charge in [-0.05, 0) is 43.7 Å². The molecule has 3 rings (SSSR count). The smallest absolute Gasteiger partial charge is 0.338 e. The summed E-state index contributed by atoms with van der Waals surface area (Å²) < 4.78 is 10.8. The molecule has 3 aromatic rings. The second-order valence-electron chi connectivity index (χ2n) is 5.30. The van der Waals surface area contributed by atoms with Gasteiger partial charge in [0.25, 0.3) is 0 Å². The highest BCUT2D eigenvalue weighted by Gasteiger charge is 2.15. The second-order valence-corrected chi connectivity index (χ2v) is 5.30. The number of aromatic hydroxyl groups is 1. The lowest BCUT2D eigenvalue weighted by atomic mass is 10.0. The summed E-state index contributed by atoms with van der Waals surface area (Å²) in [6.07, 6.45) is 2.00. The van der Waals surface area contributed by atoms with Crippen molar-refractivity contribution in [3.8, 4) is 5.75 Å². The lowest BCUT2D eigenvalue weighted by Crippen LogP contribution is -2.08. The number of benzene rings is 2. The number of hydrogen-bond acceptors (Lipinski definition) is 5. The maximum Gasteiger partial charge on any atom is 0.338 e. The normalized spacial score (nSPS) is 10.9. The summed E-state index contributed by atoms with van der Waals surface area (Å²) in [5.74, 6) is -0.440. The van der Waals surface area contributed by atoms with Crippen LogP contribution in [0.15, 0.2) is 52.2 Å². The maximum atomic E-state index is 12.8. The molecule has 1 aromatic heterocycles. The summed E-state index contributed by atoms with van der Waals surface area (Å²) in [5, 5.41) is 10.6. The molecule has 0 spiro atoms. The van der Waals surface area contributed by atoms with Crippen LogP contribution in [0.3, 0.4) is 0 Å². The van der Waals surface area contributed by atoms with E-state index in [2.05, 4.69) is 6.58 Å². The van der Waals surface area contributed by atoms with Gasteiger partial charge in [-0.15, -0.1) is 6.58 Å². The molecule has 0 aliphatic carbocycles. The van der Waals surface area contributed by atoms with Gasteiger partial charge in [0.2, 0.25) is 5.43 Å². The molecule has 0 aliphatic rings. The Balaban J connectivity index is 2.31. The van der Waals surface area contributed by atoms with Crippen LogP contribution in [-0.4, -0.2) is 17.7 Å². The van der Waals surface area contributed by atoms with Gasteiger partial charge in [-0.2, -0.15) is 0 Å². The van der Waals surface area contributed by atoms with Crippen LogP contribution in [0, 0.1) is 0 Å². The van der Waals surface area contributed by atoms with E-state index in [1.54, 1.807) is 25.1 Å². The van der Waals surface area contributed by atoms with E-state index in [4.69, 9.17) is 9.15 Å². The van der Waals surface area contributed by atoms with Gasteiger partial charge in [0.1, 0.15) is 16.9 Å².